The van der Waals surface area contributed by atoms with Gasteiger partial charge in [-0.2, -0.15) is 9.97 Å². The van der Waals surface area contributed by atoms with Crippen molar-refractivity contribution in [3.05, 3.63) is 82.8 Å². The number of benzene rings is 2. The lowest BCUT2D eigenvalue weighted by Crippen LogP contribution is -2.58. The molecule has 384 valence electrons. The van der Waals surface area contributed by atoms with E-state index in [-0.39, 0.29) is 88.3 Å². The second kappa shape index (κ2) is 24.6. The number of ether oxygens (including phenoxy) is 2. The number of carboxylic acids is 1. The van der Waals surface area contributed by atoms with Crippen LogP contribution in [0.1, 0.15) is 67.3 Å². The number of hydrogen-bond donors (Lipinski definition) is 8. The Morgan fingerprint density at radius 1 is 0.917 bits per heavy atom. The Kier molecular flexibility index (Phi) is 18.4. The minimum atomic E-state index is -1.33. The van der Waals surface area contributed by atoms with E-state index in [4.69, 9.17) is 20.9 Å². The average Bonchev–Trinajstić information content (AvgIpc) is 3.96. The monoisotopic (exact) mass is 1010 g/mol. The molecule has 10 N–H and O–H groups in total. The van der Waals surface area contributed by atoms with Crippen molar-refractivity contribution in [1.29, 1.82) is 0 Å². The zero-order valence-electron chi connectivity index (χ0n) is 40.7. The van der Waals surface area contributed by atoms with Crippen molar-refractivity contribution in [3.8, 4) is 10.4 Å². The maximum absolute atomic E-state index is 13.9. The molecular weight excluding hydrogens is 951 g/mol. The number of carbonyl (C=O) groups is 6. The van der Waals surface area contributed by atoms with E-state index in [0.717, 1.165) is 27.4 Å². The summed E-state index contributed by atoms with van der Waals surface area (Å²) < 4.78 is 11.0. The van der Waals surface area contributed by atoms with Gasteiger partial charge in [0.15, 0.2) is 17.0 Å². The topological polar surface area (TPSA) is 332 Å². The van der Waals surface area contributed by atoms with E-state index in [9.17, 15) is 39.0 Å². The number of nitrogens with one attached hydrogen (secondary N) is 4. The number of aromatic nitrogens is 5. The van der Waals surface area contributed by atoms with Crippen molar-refractivity contribution in [3.63, 3.8) is 0 Å². The Hall–Kier alpha value is -7.41. The molecule has 0 saturated carbocycles. The van der Waals surface area contributed by atoms with Crippen LogP contribution >= 0.6 is 11.3 Å². The zero-order valence-corrected chi connectivity index (χ0v) is 41.5. The molecule has 2 aromatic carbocycles. The molecule has 1 saturated heterocycles. The number of aryl methyl sites for hydroxylation is 1. The Morgan fingerprint density at radius 3 is 2.32 bits per heavy atom. The number of fused-ring (bicyclic) bond motifs is 1. The van der Waals surface area contributed by atoms with Gasteiger partial charge in [-0.1, -0.05) is 45.0 Å². The van der Waals surface area contributed by atoms with Gasteiger partial charge in [0.2, 0.25) is 29.6 Å². The number of rotatable bonds is 23. The van der Waals surface area contributed by atoms with Crippen molar-refractivity contribution < 1.29 is 48.5 Å². The van der Waals surface area contributed by atoms with Crippen molar-refractivity contribution in [1.82, 2.24) is 51.1 Å². The van der Waals surface area contributed by atoms with E-state index in [1.807, 2.05) is 43.1 Å². The molecular formula is C48H61N13O10S. The summed E-state index contributed by atoms with van der Waals surface area (Å²) in [6.07, 6.45) is 0.337. The number of likely N-dealkylation sites (tertiary alicyclic amines) is 1. The molecule has 1 aliphatic heterocycles. The number of amides is 5. The van der Waals surface area contributed by atoms with Crippen molar-refractivity contribution in [2.45, 2.75) is 84.3 Å². The van der Waals surface area contributed by atoms with E-state index in [1.54, 1.807) is 68.1 Å². The molecule has 24 heteroatoms. The van der Waals surface area contributed by atoms with Crippen LogP contribution in [-0.2, 0) is 46.5 Å². The predicted octanol–water partition coefficient (Wildman–Crippen LogP) is 1.57. The maximum Gasteiger partial charge on any atom is 0.326 e. The van der Waals surface area contributed by atoms with Gasteiger partial charge in [-0.15, -0.1) is 11.3 Å². The Bertz CT molecular complexity index is 2720. The van der Waals surface area contributed by atoms with Gasteiger partial charge in [0.05, 0.1) is 60.4 Å². The molecule has 3 aromatic heterocycles. The Labute approximate surface area is 419 Å². The molecule has 3 unspecified atom stereocenters. The molecule has 72 heavy (non-hydrogen) atoms. The van der Waals surface area contributed by atoms with Crippen LogP contribution in [0.5, 0.6) is 0 Å². The van der Waals surface area contributed by atoms with Crippen LogP contribution in [0.25, 0.3) is 21.6 Å². The van der Waals surface area contributed by atoms with Crippen LogP contribution in [0, 0.1) is 12.3 Å². The number of aliphatic carboxylic acids is 1. The highest BCUT2D eigenvalue weighted by molar-refractivity contribution is 7.13. The highest BCUT2D eigenvalue weighted by Crippen LogP contribution is 2.29. The zero-order chi connectivity index (χ0) is 52.1. The summed E-state index contributed by atoms with van der Waals surface area (Å²) in [6, 6.07) is 11.0. The van der Waals surface area contributed by atoms with Gasteiger partial charge in [0.1, 0.15) is 24.7 Å². The molecule has 6 rings (SSSR count). The number of aliphatic hydroxyl groups is 1. The number of nitrogens with zero attached hydrogens (tertiary/aromatic N) is 7. The third kappa shape index (κ3) is 14.8. The number of anilines is 3. The first-order chi connectivity index (χ1) is 34.3. The van der Waals surface area contributed by atoms with Gasteiger partial charge in [-0.3, -0.25) is 24.0 Å². The summed E-state index contributed by atoms with van der Waals surface area (Å²) in [4.78, 5) is 103. The minimum absolute atomic E-state index is 0.00575. The lowest BCUT2D eigenvalue weighted by atomic mass is 9.85. The van der Waals surface area contributed by atoms with Gasteiger partial charge < -0.3 is 62.2 Å². The van der Waals surface area contributed by atoms with Crippen LogP contribution in [0.15, 0.2) is 60.2 Å². The van der Waals surface area contributed by atoms with Gasteiger partial charge in [-0.05, 0) is 54.2 Å². The first-order valence-electron chi connectivity index (χ1n) is 23.1. The predicted molar refractivity (Wildman–Crippen MR) is 267 cm³/mol. The third-order valence-corrected chi connectivity index (χ3v) is 12.6. The number of hydrogen-bond acceptors (Lipinski definition) is 18. The van der Waals surface area contributed by atoms with Gasteiger partial charge in [0, 0.05) is 50.8 Å². The molecule has 4 heterocycles. The van der Waals surface area contributed by atoms with Crippen LogP contribution in [0.3, 0.4) is 0 Å². The molecule has 1 aliphatic rings. The van der Waals surface area contributed by atoms with Gasteiger partial charge in [0.25, 0.3) is 5.91 Å². The summed E-state index contributed by atoms with van der Waals surface area (Å²) in [5, 5.41) is 31.0. The first kappa shape index (κ1) is 53.9. The highest BCUT2D eigenvalue weighted by Gasteiger charge is 2.44. The second-order valence-corrected chi connectivity index (χ2v) is 19.1. The Morgan fingerprint density at radius 2 is 1.64 bits per heavy atom. The number of carbonyl (C=O) groups excluding carboxylic acids is 5. The van der Waals surface area contributed by atoms with Crippen LogP contribution < -0.4 is 37.6 Å². The molecule has 0 spiro atoms. The Balaban J connectivity index is 0.853. The van der Waals surface area contributed by atoms with E-state index >= 15 is 0 Å². The van der Waals surface area contributed by atoms with Gasteiger partial charge >= 0.3 is 5.97 Å². The number of carboxylic acid groups (broad SMARTS) is 1. The van der Waals surface area contributed by atoms with E-state index in [0.29, 0.717) is 17.8 Å². The largest absolute Gasteiger partial charge is 0.480 e. The minimum Gasteiger partial charge on any atom is -0.480 e. The third-order valence-electron chi connectivity index (χ3n) is 11.6. The van der Waals surface area contributed by atoms with Crippen molar-refractivity contribution in [2.75, 3.05) is 62.9 Å². The highest BCUT2D eigenvalue weighted by atomic mass is 32.1. The number of nitrogen functional groups attached to an aromatic ring is 2. The SMILES string of the molecule is Cc1ncsc1-c1ccc(CNC(=O)C2C[C@@H](O)CN2C(=O)C(NC(=O)COCCOCCNC(=O)CCC(NC(=O)c2ccc(N(C)Cc3cnc4nc(N)nc(N)c4n3)cc2)C(=O)O)C(C)(C)C)cc1. The molecule has 1 fully saturated rings. The smallest absolute Gasteiger partial charge is 0.326 e. The van der Waals surface area contributed by atoms with E-state index in [1.165, 1.54) is 4.90 Å². The lowest BCUT2D eigenvalue weighted by Gasteiger charge is -2.35. The van der Waals surface area contributed by atoms with Crippen molar-refractivity contribution >= 4 is 75.5 Å². The van der Waals surface area contributed by atoms with Crippen LogP contribution in [0.4, 0.5) is 17.5 Å². The standard InChI is InChI=1S/C48H61N13O10S/c1-27-39(72-26-54-27)29-8-6-28(7-9-29)21-53-44(66)35-20-33(62)24-61(35)45(67)40(48(2,3)4)57-37(64)25-71-19-18-70-17-16-51-36(63)15-14-34(46(68)69)56-43(65)30-10-12-32(13-11-30)60(5)23-31-22-52-42-38(55-31)41(49)58-47(50)59-42/h6-13,22,26,33-35,40,62H,14-21,23-25H2,1-5H3,(H,51,63)(H,53,66)(H,56,65)(H,57,64)(H,68,69)(H4,49,50,52,58,59)/t33-,34?,35?,40?/m1/s1. The quantitative estimate of drug-likeness (QED) is 0.0431. The molecule has 23 nitrogen and oxygen atoms in total. The second-order valence-electron chi connectivity index (χ2n) is 18.3. The summed E-state index contributed by atoms with van der Waals surface area (Å²) in [5.74, 6) is -3.75. The molecule has 0 radical (unpaired) electrons. The molecule has 4 atom stereocenters. The summed E-state index contributed by atoms with van der Waals surface area (Å²) in [5.41, 5.74) is 17.6. The van der Waals surface area contributed by atoms with Gasteiger partial charge in [-0.25, -0.2) is 19.7 Å². The molecule has 0 aliphatic carbocycles. The summed E-state index contributed by atoms with van der Waals surface area (Å²) in [6.45, 7) is 7.70. The fourth-order valence-electron chi connectivity index (χ4n) is 7.75. The fraction of sp³-hybridized carbons (Fsp3) is 0.438. The normalized spacial score (nSPS) is 15.4. The number of β-amino-alcohol motifs (C(OH)–C–C–N with tert-alkyl or cyclic N) is 1. The van der Waals surface area contributed by atoms with E-state index in [2.05, 4.69) is 46.2 Å². The maximum atomic E-state index is 13.9. The number of thiazole rings is 1. The summed E-state index contributed by atoms with van der Waals surface area (Å²) >= 11 is 1.55. The fourth-order valence-corrected chi connectivity index (χ4v) is 8.57. The van der Waals surface area contributed by atoms with Crippen LogP contribution in [-0.4, -0.2) is 146 Å². The number of aliphatic hydroxyl groups excluding tert-OH is 1. The molecule has 5 aromatic rings. The summed E-state index contributed by atoms with van der Waals surface area (Å²) in [7, 11) is 1.81. The van der Waals surface area contributed by atoms with E-state index < -0.39 is 65.1 Å². The first-order valence-corrected chi connectivity index (χ1v) is 24.0. The lowest BCUT2D eigenvalue weighted by molar-refractivity contribution is -0.144. The van der Waals surface area contributed by atoms with Crippen molar-refractivity contribution in [2.24, 2.45) is 5.41 Å². The number of nitrogens with two attached hydrogens (primary N) is 2. The molecule has 5 amide bonds. The molecule has 0 bridgehead atoms. The average molecular weight is 1010 g/mol. The van der Waals surface area contributed by atoms with Crippen LogP contribution in [0.2, 0.25) is 0 Å².